The van der Waals surface area contributed by atoms with Gasteiger partial charge in [-0.15, -0.1) is 0 Å². The highest BCUT2D eigenvalue weighted by Gasteiger charge is 2.38. The van der Waals surface area contributed by atoms with Crippen LogP contribution < -0.4 is 5.32 Å². The minimum absolute atomic E-state index is 0.0222. The second-order valence-electron chi connectivity index (χ2n) is 6.36. The number of rotatable bonds is 3. The van der Waals surface area contributed by atoms with Crippen molar-refractivity contribution in [3.63, 3.8) is 0 Å². The number of hydrogen-bond donors (Lipinski definition) is 2. The largest absolute Gasteiger partial charge is 0.433 e. The van der Waals surface area contributed by atoms with E-state index in [4.69, 9.17) is 0 Å². The topological polar surface area (TPSA) is 48.4 Å². The van der Waals surface area contributed by atoms with Gasteiger partial charge >= 0.3 is 12.4 Å². The summed E-state index contributed by atoms with van der Waals surface area (Å²) >= 11 is 0. The molecule has 2 N–H and O–H groups in total. The molecule has 1 fully saturated rings. The van der Waals surface area contributed by atoms with Crippen LogP contribution in [0, 0.1) is 0 Å². The molecular formula is C17H17F6N3O. The summed E-state index contributed by atoms with van der Waals surface area (Å²) in [6.45, 7) is 2.51. The van der Waals surface area contributed by atoms with Gasteiger partial charge in [-0.3, -0.25) is 4.90 Å². The van der Waals surface area contributed by atoms with Crippen LogP contribution >= 0.6 is 0 Å². The summed E-state index contributed by atoms with van der Waals surface area (Å²) < 4.78 is 79.4. The lowest BCUT2D eigenvalue weighted by atomic mass is 9.99. The van der Waals surface area contributed by atoms with Gasteiger partial charge in [0.15, 0.2) is 0 Å². The van der Waals surface area contributed by atoms with E-state index in [1.165, 1.54) is 6.07 Å². The number of aliphatic hydroxyl groups excluding tert-OH is 1. The van der Waals surface area contributed by atoms with Gasteiger partial charge in [-0.25, -0.2) is 4.98 Å². The number of aromatic nitrogens is 1. The summed E-state index contributed by atoms with van der Waals surface area (Å²) in [4.78, 5) is 5.06. The molecule has 0 bridgehead atoms. The standard InChI is InChI=1S/C17H17F6N3O/c18-16(19,20)12-3-1-2-10-11(8-14(17(21,22)23)25-15(10)12)13(27)9-26-6-4-24-5-7-26/h1-3,8,13,24,27H,4-7,9H2. The summed E-state index contributed by atoms with van der Waals surface area (Å²) in [7, 11) is 0. The number of nitrogens with zero attached hydrogens (tertiary/aromatic N) is 2. The maximum absolute atomic E-state index is 13.3. The van der Waals surface area contributed by atoms with Crippen LogP contribution in [0.3, 0.4) is 0 Å². The molecule has 1 saturated heterocycles. The Hall–Kier alpha value is -1.91. The van der Waals surface area contributed by atoms with E-state index in [0.717, 1.165) is 6.07 Å². The van der Waals surface area contributed by atoms with Crippen LogP contribution in [0.15, 0.2) is 24.3 Å². The fraction of sp³-hybridized carbons (Fsp3) is 0.471. The van der Waals surface area contributed by atoms with E-state index >= 15 is 0 Å². The Morgan fingerprint density at radius 1 is 1.07 bits per heavy atom. The quantitative estimate of drug-likeness (QED) is 0.787. The number of β-amino-alcohol motifs (C(OH)–C–C–N with tert-alkyl or cyclic N) is 1. The second-order valence-corrected chi connectivity index (χ2v) is 6.36. The Bertz CT molecular complexity index is 815. The molecule has 27 heavy (non-hydrogen) atoms. The van der Waals surface area contributed by atoms with Crippen LogP contribution in [0.5, 0.6) is 0 Å². The van der Waals surface area contributed by atoms with Gasteiger partial charge in [0.2, 0.25) is 0 Å². The third kappa shape index (κ3) is 4.33. The number of piperazine rings is 1. The predicted octanol–water partition coefficient (Wildman–Crippen LogP) is 3.21. The molecule has 4 nitrogen and oxygen atoms in total. The van der Waals surface area contributed by atoms with E-state index < -0.39 is 35.2 Å². The first-order valence-electron chi connectivity index (χ1n) is 8.26. The Kier molecular flexibility index (Phi) is 5.33. The zero-order valence-corrected chi connectivity index (χ0v) is 14.0. The van der Waals surface area contributed by atoms with Crippen molar-refractivity contribution < 1.29 is 31.4 Å². The molecule has 148 valence electrons. The van der Waals surface area contributed by atoms with Gasteiger partial charge in [0, 0.05) is 38.1 Å². The molecule has 2 heterocycles. The minimum Gasteiger partial charge on any atom is -0.387 e. The molecule has 0 amide bonds. The van der Waals surface area contributed by atoms with Gasteiger partial charge in [0.25, 0.3) is 0 Å². The highest BCUT2D eigenvalue weighted by Crippen LogP contribution is 2.39. The van der Waals surface area contributed by atoms with Crippen LogP contribution in [0.25, 0.3) is 10.9 Å². The van der Waals surface area contributed by atoms with Gasteiger partial charge in [0.05, 0.1) is 17.2 Å². The van der Waals surface area contributed by atoms with E-state index in [1.807, 2.05) is 4.90 Å². The average molecular weight is 393 g/mol. The fourth-order valence-electron chi connectivity index (χ4n) is 3.16. The monoisotopic (exact) mass is 393 g/mol. The summed E-state index contributed by atoms with van der Waals surface area (Å²) in [6.07, 6.45) is -11.2. The first-order chi connectivity index (χ1) is 12.6. The highest BCUT2D eigenvalue weighted by molar-refractivity contribution is 5.86. The van der Waals surface area contributed by atoms with Crippen LogP contribution in [0.2, 0.25) is 0 Å². The number of para-hydroxylation sites is 1. The molecule has 0 saturated carbocycles. The lowest BCUT2D eigenvalue weighted by Crippen LogP contribution is -2.45. The first kappa shape index (κ1) is 19.8. The number of fused-ring (bicyclic) bond motifs is 1. The predicted molar refractivity (Wildman–Crippen MR) is 86.0 cm³/mol. The van der Waals surface area contributed by atoms with Gasteiger partial charge in [-0.05, 0) is 17.7 Å². The number of hydrogen-bond acceptors (Lipinski definition) is 4. The zero-order valence-electron chi connectivity index (χ0n) is 14.0. The van der Waals surface area contributed by atoms with Gasteiger partial charge in [-0.2, -0.15) is 26.3 Å². The molecule has 10 heteroatoms. The molecule has 0 radical (unpaired) electrons. The molecule has 1 aromatic heterocycles. The number of aliphatic hydroxyl groups is 1. The number of pyridine rings is 1. The lowest BCUT2D eigenvalue weighted by molar-refractivity contribution is -0.142. The third-order valence-corrected chi connectivity index (χ3v) is 4.47. The highest BCUT2D eigenvalue weighted by atomic mass is 19.4. The molecule has 1 unspecified atom stereocenters. The second kappa shape index (κ2) is 7.25. The maximum Gasteiger partial charge on any atom is 0.433 e. The molecular weight excluding hydrogens is 376 g/mol. The van der Waals surface area contributed by atoms with Crippen LogP contribution in [0.4, 0.5) is 26.3 Å². The number of benzene rings is 1. The van der Waals surface area contributed by atoms with Crippen molar-refractivity contribution in [2.45, 2.75) is 18.5 Å². The average Bonchev–Trinajstić information content (AvgIpc) is 2.59. The Morgan fingerprint density at radius 3 is 2.33 bits per heavy atom. The Morgan fingerprint density at radius 2 is 1.74 bits per heavy atom. The van der Waals surface area contributed by atoms with E-state index in [1.54, 1.807) is 0 Å². The molecule has 1 aliphatic heterocycles. The summed E-state index contributed by atoms with van der Waals surface area (Å²) in [5.41, 5.74) is -3.74. The van der Waals surface area contributed by atoms with Crippen LogP contribution in [0.1, 0.15) is 22.9 Å². The SMILES string of the molecule is OC(CN1CCNCC1)c1cc(C(F)(F)F)nc2c(C(F)(F)F)cccc12. The van der Waals surface area contributed by atoms with Crippen LogP contribution in [-0.4, -0.2) is 47.7 Å². The summed E-state index contributed by atoms with van der Waals surface area (Å²) in [5, 5.41) is 13.5. The van der Waals surface area contributed by atoms with Crippen LogP contribution in [-0.2, 0) is 12.4 Å². The molecule has 1 atom stereocenters. The van der Waals surface area contributed by atoms with Gasteiger partial charge < -0.3 is 10.4 Å². The molecule has 3 rings (SSSR count). The van der Waals surface area contributed by atoms with Crippen molar-refractivity contribution >= 4 is 10.9 Å². The van der Waals surface area contributed by atoms with Crippen molar-refractivity contribution in [3.05, 3.63) is 41.1 Å². The molecule has 0 spiro atoms. The van der Waals surface area contributed by atoms with Gasteiger partial charge in [-0.1, -0.05) is 12.1 Å². The van der Waals surface area contributed by atoms with E-state index in [-0.39, 0.29) is 17.5 Å². The lowest BCUT2D eigenvalue weighted by Gasteiger charge is -2.29. The van der Waals surface area contributed by atoms with Crippen molar-refractivity contribution in [1.82, 2.24) is 15.2 Å². The third-order valence-electron chi connectivity index (χ3n) is 4.47. The molecule has 0 aliphatic carbocycles. The van der Waals surface area contributed by atoms with Gasteiger partial charge in [0.1, 0.15) is 5.69 Å². The maximum atomic E-state index is 13.3. The van der Waals surface area contributed by atoms with Crippen molar-refractivity contribution in [1.29, 1.82) is 0 Å². The van der Waals surface area contributed by atoms with E-state index in [0.29, 0.717) is 38.3 Å². The normalized spacial score (nSPS) is 18.0. The van der Waals surface area contributed by atoms with Crippen molar-refractivity contribution in [2.24, 2.45) is 0 Å². The minimum atomic E-state index is -4.93. The first-order valence-corrected chi connectivity index (χ1v) is 8.26. The summed E-state index contributed by atoms with van der Waals surface area (Å²) in [5.74, 6) is 0. The fourth-order valence-corrected chi connectivity index (χ4v) is 3.16. The molecule has 2 aromatic rings. The number of alkyl halides is 6. The van der Waals surface area contributed by atoms with Crippen molar-refractivity contribution in [2.75, 3.05) is 32.7 Å². The summed E-state index contributed by atoms with van der Waals surface area (Å²) in [6, 6.07) is 3.66. The number of nitrogens with one attached hydrogen (secondary N) is 1. The molecule has 1 aromatic carbocycles. The van der Waals surface area contributed by atoms with Crippen molar-refractivity contribution in [3.8, 4) is 0 Å². The Labute approximate surface area is 150 Å². The van der Waals surface area contributed by atoms with E-state index in [2.05, 4.69) is 10.3 Å². The molecule has 1 aliphatic rings. The smallest absolute Gasteiger partial charge is 0.387 e. The zero-order chi connectivity index (χ0) is 19.8. The van der Waals surface area contributed by atoms with E-state index in [9.17, 15) is 31.4 Å². The number of halogens is 6. The Balaban J connectivity index is 2.12.